The van der Waals surface area contributed by atoms with Crippen LogP contribution in [0.1, 0.15) is 32.2 Å². The van der Waals surface area contributed by atoms with E-state index in [1.54, 1.807) is 30.5 Å². The molecule has 4 rings (SSSR count). The summed E-state index contributed by atoms with van der Waals surface area (Å²) < 4.78 is 21.5. The maximum Gasteiger partial charge on any atom is 0.294 e. The van der Waals surface area contributed by atoms with Crippen molar-refractivity contribution >= 4 is 23.6 Å². The zero-order valence-electron chi connectivity index (χ0n) is 18.3. The van der Waals surface area contributed by atoms with Gasteiger partial charge in [-0.25, -0.2) is 4.98 Å². The molecule has 2 amide bonds. The fraction of sp³-hybridized carbons (Fsp3) is 0.130. The van der Waals surface area contributed by atoms with Crippen LogP contribution in [0.5, 0.6) is 11.5 Å². The standard InChI is InChI=1S/C23H21N5O6/c1-31-17-10-12(8-13-11-26-23(25)27-20(13)24)9-15(18(17)32-2)14-5-7-34-19(14)22(30)28-21(29)16-4-3-6-33-16/h3-7,9-11H,8H2,1-2H3,(H,28,29,30)(H4,24,25,26,27). The number of nitrogens with one attached hydrogen (secondary N) is 1. The van der Waals surface area contributed by atoms with Crippen LogP contribution in [0.3, 0.4) is 0 Å². The van der Waals surface area contributed by atoms with Gasteiger partial charge in [-0.3, -0.25) is 14.9 Å². The van der Waals surface area contributed by atoms with E-state index in [0.29, 0.717) is 34.6 Å². The van der Waals surface area contributed by atoms with Crippen molar-refractivity contribution in [2.45, 2.75) is 6.42 Å². The Morgan fingerprint density at radius 1 is 1.03 bits per heavy atom. The second kappa shape index (κ2) is 9.36. The number of imide groups is 1. The average molecular weight is 463 g/mol. The van der Waals surface area contributed by atoms with Gasteiger partial charge in [-0.2, -0.15) is 4.98 Å². The van der Waals surface area contributed by atoms with Crippen LogP contribution in [0.25, 0.3) is 11.1 Å². The normalized spacial score (nSPS) is 10.6. The number of aromatic nitrogens is 2. The minimum atomic E-state index is -0.746. The van der Waals surface area contributed by atoms with E-state index in [1.807, 2.05) is 0 Å². The van der Waals surface area contributed by atoms with Crippen molar-refractivity contribution in [1.29, 1.82) is 0 Å². The highest BCUT2D eigenvalue weighted by Gasteiger charge is 2.25. The summed E-state index contributed by atoms with van der Waals surface area (Å²) in [5.74, 6) is -0.419. The van der Waals surface area contributed by atoms with Crippen LogP contribution < -0.4 is 26.3 Å². The number of ether oxygens (including phenoxy) is 2. The molecule has 0 saturated heterocycles. The summed E-state index contributed by atoms with van der Waals surface area (Å²) in [4.78, 5) is 33.1. The van der Waals surface area contributed by atoms with Crippen molar-refractivity contribution in [3.63, 3.8) is 0 Å². The molecule has 11 nitrogen and oxygen atoms in total. The molecule has 0 unspecified atom stereocenters. The first-order valence-electron chi connectivity index (χ1n) is 10.00. The van der Waals surface area contributed by atoms with Crippen molar-refractivity contribution < 1.29 is 27.9 Å². The maximum absolute atomic E-state index is 12.8. The fourth-order valence-corrected chi connectivity index (χ4v) is 3.44. The lowest BCUT2D eigenvalue weighted by atomic mass is 9.98. The number of nitrogens with two attached hydrogens (primary N) is 2. The van der Waals surface area contributed by atoms with Crippen LogP contribution in [0.4, 0.5) is 11.8 Å². The number of anilines is 2. The molecule has 0 spiro atoms. The largest absolute Gasteiger partial charge is 0.493 e. The summed E-state index contributed by atoms with van der Waals surface area (Å²) in [6, 6.07) is 8.15. The van der Waals surface area contributed by atoms with E-state index in [9.17, 15) is 9.59 Å². The Morgan fingerprint density at radius 2 is 1.85 bits per heavy atom. The Labute approximate surface area is 193 Å². The first-order chi connectivity index (χ1) is 16.4. The van der Waals surface area contributed by atoms with Crippen LogP contribution in [0, 0.1) is 0 Å². The molecule has 0 atom stereocenters. The Kier molecular flexibility index (Phi) is 6.17. The number of rotatable bonds is 7. The maximum atomic E-state index is 12.8. The summed E-state index contributed by atoms with van der Waals surface area (Å²) in [7, 11) is 2.98. The highest BCUT2D eigenvalue weighted by molar-refractivity contribution is 6.10. The third-order valence-corrected chi connectivity index (χ3v) is 4.98. The number of methoxy groups -OCH3 is 2. The number of hydrogen-bond acceptors (Lipinski definition) is 10. The highest BCUT2D eigenvalue weighted by Crippen LogP contribution is 2.41. The number of carbonyl (C=O) groups excluding carboxylic acids is 2. The minimum Gasteiger partial charge on any atom is -0.493 e. The van der Waals surface area contributed by atoms with Crippen LogP contribution in [-0.2, 0) is 6.42 Å². The van der Waals surface area contributed by atoms with Crippen molar-refractivity contribution in [1.82, 2.24) is 15.3 Å². The molecule has 0 radical (unpaired) electrons. The van der Waals surface area contributed by atoms with Gasteiger partial charge in [0.25, 0.3) is 11.8 Å². The summed E-state index contributed by atoms with van der Waals surface area (Å²) >= 11 is 0. The Balaban J connectivity index is 1.72. The van der Waals surface area contributed by atoms with Gasteiger partial charge in [-0.15, -0.1) is 0 Å². The lowest BCUT2D eigenvalue weighted by Gasteiger charge is -2.15. The summed E-state index contributed by atoms with van der Waals surface area (Å²) in [6.07, 6.45) is 4.58. The first-order valence-corrected chi connectivity index (χ1v) is 10.00. The Hall–Kier alpha value is -4.80. The van der Waals surface area contributed by atoms with Crippen LogP contribution in [0.2, 0.25) is 0 Å². The third kappa shape index (κ3) is 4.39. The van der Waals surface area contributed by atoms with Gasteiger partial charge >= 0.3 is 0 Å². The van der Waals surface area contributed by atoms with Crippen molar-refractivity contribution in [3.05, 3.63) is 71.7 Å². The fourth-order valence-electron chi connectivity index (χ4n) is 3.44. The van der Waals surface area contributed by atoms with E-state index in [-0.39, 0.29) is 23.3 Å². The summed E-state index contributed by atoms with van der Waals surface area (Å²) in [5, 5.41) is 2.25. The second-order valence-corrected chi connectivity index (χ2v) is 7.12. The number of amides is 2. The van der Waals surface area contributed by atoms with Gasteiger partial charge in [0.15, 0.2) is 23.0 Å². The second-order valence-electron chi connectivity index (χ2n) is 7.12. The molecule has 1 aromatic carbocycles. The van der Waals surface area contributed by atoms with Crippen molar-refractivity contribution in [2.75, 3.05) is 25.7 Å². The van der Waals surface area contributed by atoms with Gasteiger partial charge in [0.1, 0.15) is 5.82 Å². The van der Waals surface area contributed by atoms with Gasteiger partial charge < -0.3 is 29.8 Å². The predicted octanol–water partition coefficient (Wildman–Crippen LogP) is 2.67. The Morgan fingerprint density at radius 3 is 2.53 bits per heavy atom. The molecule has 3 heterocycles. The van der Waals surface area contributed by atoms with E-state index < -0.39 is 11.8 Å². The van der Waals surface area contributed by atoms with E-state index in [2.05, 4.69) is 15.3 Å². The quantitative estimate of drug-likeness (QED) is 0.346. The number of benzene rings is 1. The molecular formula is C23H21N5O6. The predicted molar refractivity (Wildman–Crippen MR) is 121 cm³/mol. The molecule has 0 saturated carbocycles. The number of carbonyl (C=O) groups is 2. The highest BCUT2D eigenvalue weighted by atomic mass is 16.5. The van der Waals surface area contributed by atoms with E-state index in [1.165, 1.54) is 32.8 Å². The zero-order valence-corrected chi connectivity index (χ0v) is 18.3. The van der Waals surface area contributed by atoms with Gasteiger partial charge in [0.2, 0.25) is 5.95 Å². The van der Waals surface area contributed by atoms with Crippen molar-refractivity contribution in [2.24, 2.45) is 0 Å². The van der Waals surface area contributed by atoms with Gasteiger partial charge in [0, 0.05) is 29.3 Å². The smallest absolute Gasteiger partial charge is 0.294 e. The zero-order chi connectivity index (χ0) is 24.2. The van der Waals surface area contributed by atoms with Crippen LogP contribution in [0.15, 0.2) is 57.9 Å². The molecule has 4 aromatic rings. The average Bonchev–Trinajstić information content (AvgIpc) is 3.52. The Bertz CT molecular complexity index is 1350. The van der Waals surface area contributed by atoms with E-state index >= 15 is 0 Å². The molecule has 0 fully saturated rings. The molecule has 0 aliphatic carbocycles. The van der Waals surface area contributed by atoms with Gasteiger partial charge in [0.05, 0.1) is 26.7 Å². The molecule has 0 aliphatic rings. The molecule has 0 aliphatic heterocycles. The summed E-state index contributed by atoms with van der Waals surface area (Å²) in [5.41, 5.74) is 13.9. The minimum absolute atomic E-state index is 0.00833. The monoisotopic (exact) mass is 463 g/mol. The van der Waals surface area contributed by atoms with Crippen molar-refractivity contribution in [3.8, 4) is 22.6 Å². The first kappa shape index (κ1) is 22.4. The molecule has 0 bridgehead atoms. The topological polar surface area (TPSA) is 169 Å². The van der Waals surface area contributed by atoms with Gasteiger partial charge in [-0.05, 0) is 35.9 Å². The number of furan rings is 2. The van der Waals surface area contributed by atoms with Crippen LogP contribution in [-0.4, -0.2) is 36.0 Å². The van der Waals surface area contributed by atoms with Crippen LogP contribution >= 0.6 is 0 Å². The third-order valence-electron chi connectivity index (χ3n) is 4.98. The number of hydrogen-bond donors (Lipinski definition) is 3. The molecule has 11 heteroatoms. The molecule has 5 N–H and O–H groups in total. The molecular weight excluding hydrogens is 442 g/mol. The van der Waals surface area contributed by atoms with E-state index in [4.69, 9.17) is 29.8 Å². The molecule has 34 heavy (non-hydrogen) atoms. The van der Waals surface area contributed by atoms with Gasteiger partial charge in [-0.1, -0.05) is 0 Å². The lowest BCUT2D eigenvalue weighted by molar-refractivity contribution is 0.0817. The summed E-state index contributed by atoms with van der Waals surface area (Å²) in [6.45, 7) is 0. The number of nitrogen functional groups attached to an aromatic ring is 2. The van der Waals surface area contributed by atoms with E-state index in [0.717, 1.165) is 5.56 Å². The molecule has 3 aromatic heterocycles. The molecule has 174 valence electrons. The SMILES string of the molecule is COc1cc(Cc2cnc(N)nc2N)cc(-c2ccoc2C(=O)NC(=O)c2ccco2)c1OC. The lowest BCUT2D eigenvalue weighted by Crippen LogP contribution is -2.30. The number of nitrogens with zero attached hydrogens (tertiary/aromatic N) is 2.